The van der Waals surface area contributed by atoms with Gasteiger partial charge in [0.05, 0.1) is 4.90 Å². The van der Waals surface area contributed by atoms with Crippen molar-refractivity contribution in [3.05, 3.63) is 53.1 Å². The summed E-state index contributed by atoms with van der Waals surface area (Å²) in [5, 5.41) is 0.495. The predicted molar refractivity (Wildman–Crippen MR) is 90.5 cm³/mol. The summed E-state index contributed by atoms with van der Waals surface area (Å²) in [6, 6.07) is 11.4. The Kier molecular flexibility index (Phi) is 4.48. The Labute approximate surface area is 140 Å². The van der Waals surface area contributed by atoms with Gasteiger partial charge in [-0.25, -0.2) is 8.42 Å². The Balaban J connectivity index is 1.86. The molecule has 2 aromatic carbocycles. The van der Waals surface area contributed by atoms with Crippen LogP contribution in [0.4, 0.5) is 5.69 Å². The molecule has 0 spiro atoms. The molecule has 23 heavy (non-hydrogen) atoms. The summed E-state index contributed by atoms with van der Waals surface area (Å²) in [5.41, 5.74) is 1.47. The highest BCUT2D eigenvalue weighted by Gasteiger charge is 2.17. The van der Waals surface area contributed by atoms with E-state index in [0.717, 1.165) is 17.9 Å². The van der Waals surface area contributed by atoms with Crippen LogP contribution in [-0.2, 0) is 16.6 Å². The van der Waals surface area contributed by atoms with E-state index in [2.05, 4.69) is 9.62 Å². The maximum atomic E-state index is 12.4. The van der Waals surface area contributed by atoms with Crippen LogP contribution in [0.3, 0.4) is 0 Å². The fraction of sp³-hybridized carbons (Fsp3) is 0.250. The van der Waals surface area contributed by atoms with Gasteiger partial charge in [-0.05, 0) is 49.5 Å². The van der Waals surface area contributed by atoms with Crippen LogP contribution in [0.2, 0.25) is 5.02 Å². The van der Waals surface area contributed by atoms with Crippen LogP contribution in [0.5, 0.6) is 5.75 Å². The van der Waals surface area contributed by atoms with Crippen molar-refractivity contribution in [2.24, 2.45) is 0 Å². The van der Waals surface area contributed by atoms with Crippen LogP contribution < -0.4 is 9.46 Å². The topological polar surface area (TPSA) is 58.6 Å². The van der Waals surface area contributed by atoms with Gasteiger partial charge in [-0.1, -0.05) is 11.6 Å². The summed E-state index contributed by atoms with van der Waals surface area (Å²) in [7, 11) is -1.64. The summed E-state index contributed by atoms with van der Waals surface area (Å²) in [4.78, 5) is 2.30. The number of sulfonamides is 1. The molecule has 1 heterocycles. The van der Waals surface area contributed by atoms with E-state index in [1.807, 2.05) is 13.1 Å². The molecule has 0 unspecified atom stereocenters. The molecule has 3 rings (SSSR count). The third-order valence-corrected chi connectivity index (χ3v) is 5.26. The molecule has 1 N–H and O–H groups in total. The van der Waals surface area contributed by atoms with Gasteiger partial charge in [-0.2, -0.15) is 0 Å². The average molecular weight is 353 g/mol. The Hall–Kier alpha value is -1.76. The van der Waals surface area contributed by atoms with Crippen LogP contribution in [-0.4, -0.2) is 33.5 Å². The Morgan fingerprint density at radius 2 is 1.91 bits per heavy atom. The third kappa shape index (κ3) is 3.77. The van der Waals surface area contributed by atoms with Crippen molar-refractivity contribution in [1.29, 1.82) is 0 Å². The molecule has 0 fully saturated rings. The van der Waals surface area contributed by atoms with Crippen LogP contribution in [0, 0.1) is 0 Å². The number of nitrogens with zero attached hydrogens (tertiary/aromatic N) is 1. The van der Waals surface area contributed by atoms with Crippen molar-refractivity contribution in [3.8, 4) is 5.75 Å². The highest BCUT2D eigenvalue weighted by Crippen LogP contribution is 2.27. The van der Waals surface area contributed by atoms with Crippen LogP contribution >= 0.6 is 11.6 Å². The Bertz CT molecular complexity index is 807. The second kappa shape index (κ2) is 6.39. The van der Waals surface area contributed by atoms with E-state index in [4.69, 9.17) is 16.3 Å². The monoisotopic (exact) mass is 352 g/mol. The smallest absolute Gasteiger partial charge is 0.261 e. The van der Waals surface area contributed by atoms with E-state index in [1.54, 1.807) is 24.3 Å². The summed E-state index contributed by atoms with van der Waals surface area (Å²) in [5.74, 6) is 0.795. The van der Waals surface area contributed by atoms with Gasteiger partial charge in [-0.3, -0.25) is 9.62 Å². The molecule has 1 aliphatic rings. The molecule has 0 aromatic heterocycles. The first kappa shape index (κ1) is 16.1. The number of anilines is 1. The Morgan fingerprint density at radius 3 is 2.65 bits per heavy atom. The minimum atomic E-state index is -3.64. The van der Waals surface area contributed by atoms with Gasteiger partial charge in [0.2, 0.25) is 0 Å². The minimum Gasteiger partial charge on any atom is -0.492 e. The second-order valence-electron chi connectivity index (χ2n) is 5.47. The fourth-order valence-corrected chi connectivity index (χ4v) is 3.59. The van der Waals surface area contributed by atoms with Crippen LogP contribution in [0.1, 0.15) is 5.56 Å². The molecule has 0 saturated heterocycles. The van der Waals surface area contributed by atoms with Gasteiger partial charge in [-0.15, -0.1) is 0 Å². The number of hydrogen-bond donors (Lipinski definition) is 1. The lowest BCUT2D eigenvalue weighted by atomic mass is 10.1. The van der Waals surface area contributed by atoms with Crippen molar-refractivity contribution < 1.29 is 13.2 Å². The van der Waals surface area contributed by atoms with Crippen molar-refractivity contribution in [2.45, 2.75) is 11.4 Å². The SMILES string of the molecule is CN1CCOc2ccc(NS(=O)(=O)c3ccc(Cl)cc3)cc2C1. The molecule has 0 amide bonds. The lowest BCUT2D eigenvalue weighted by Gasteiger charge is -2.13. The van der Waals surface area contributed by atoms with Gasteiger partial charge in [0.1, 0.15) is 12.4 Å². The van der Waals surface area contributed by atoms with Crippen LogP contribution in [0.15, 0.2) is 47.4 Å². The second-order valence-corrected chi connectivity index (χ2v) is 7.59. The molecule has 0 saturated carbocycles. The third-order valence-electron chi connectivity index (χ3n) is 3.61. The van der Waals surface area contributed by atoms with E-state index in [9.17, 15) is 8.42 Å². The summed E-state index contributed by atoms with van der Waals surface area (Å²) in [6.45, 7) is 2.17. The molecule has 0 aliphatic carbocycles. The molecule has 122 valence electrons. The average Bonchev–Trinajstić information content (AvgIpc) is 2.67. The van der Waals surface area contributed by atoms with Crippen molar-refractivity contribution >= 4 is 27.3 Å². The van der Waals surface area contributed by atoms with E-state index in [-0.39, 0.29) is 4.90 Å². The van der Waals surface area contributed by atoms with Gasteiger partial charge in [0, 0.05) is 29.4 Å². The van der Waals surface area contributed by atoms with E-state index < -0.39 is 10.0 Å². The molecule has 7 heteroatoms. The number of benzene rings is 2. The number of hydrogen-bond acceptors (Lipinski definition) is 4. The first-order chi connectivity index (χ1) is 10.9. The number of nitrogens with one attached hydrogen (secondary N) is 1. The highest BCUT2D eigenvalue weighted by atomic mass is 35.5. The molecule has 5 nitrogen and oxygen atoms in total. The Morgan fingerprint density at radius 1 is 1.17 bits per heavy atom. The lowest BCUT2D eigenvalue weighted by Crippen LogP contribution is -2.20. The molecule has 0 atom stereocenters. The van der Waals surface area contributed by atoms with E-state index in [0.29, 0.717) is 23.9 Å². The standard InChI is InChI=1S/C16H17ClN2O3S/c1-19-8-9-22-16-7-4-14(10-12(16)11-19)18-23(20,21)15-5-2-13(17)3-6-15/h2-7,10,18H,8-9,11H2,1H3. The normalized spacial score (nSPS) is 15.4. The first-order valence-electron chi connectivity index (χ1n) is 7.17. The molecule has 0 bridgehead atoms. The van der Waals surface area contributed by atoms with Crippen molar-refractivity contribution in [3.63, 3.8) is 0 Å². The van der Waals surface area contributed by atoms with E-state index in [1.165, 1.54) is 12.1 Å². The van der Waals surface area contributed by atoms with E-state index >= 15 is 0 Å². The largest absolute Gasteiger partial charge is 0.492 e. The fourth-order valence-electron chi connectivity index (χ4n) is 2.42. The number of likely N-dealkylation sites (N-methyl/N-ethyl adjacent to an activating group) is 1. The molecule has 1 aliphatic heterocycles. The zero-order chi connectivity index (χ0) is 16.4. The van der Waals surface area contributed by atoms with Crippen molar-refractivity contribution in [2.75, 3.05) is 24.9 Å². The van der Waals surface area contributed by atoms with Crippen molar-refractivity contribution in [1.82, 2.24) is 4.90 Å². The molecular weight excluding hydrogens is 336 g/mol. The van der Waals surface area contributed by atoms with Gasteiger partial charge in [0.15, 0.2) is 0 Å². The number of ether oxygens (including phenoxy) is 1. The quantitative estimate of drug-likeness (QED) is 0.922. The molecule has 2 aromatic rings. The predicted octanol–water partition coefficient (Wildman–Crippen LogP) is 2.97. The van der Waals surface area contributed by atoms with Gasteiger partial charge < -0.3 is 4.74 Å². The number of halogens is 1. The zero-order valence-corrected chi connectivity index (χ0v) is 14.2. The zero-order valence-electron chi connectivity index (χ0n) is 12.6. The summed E-state index contributed by atoms with van der Waals surface area (Å²) >= 11 is 5.80. The first-order valence-corrected chi connectivity index (χ1v) is 9.03. The molecule has 0 radical (unpaired) electrons. The maximum Gasteiger partial charge on any atom is 0.261 e. The minimum absolute atomic E-state index is 0.171. The highest BCUT2D eigenvalue weighted by molar-refractivity contribution is 7.92. The van der Waals surface area contributed by atoms with Crippen LogP contribution in [0.25, 0.3) is 0 Å². The summed E-state index contributed by atoms with van der Waals surface area (Å²) < 4.78 is 33.1. The number of fused-ring (bicyclic) bond motifs is 1. The lowest BCUT2D eigenvalue weighted by molar-refractivity contribution is 0.259. The summed E-state index contributed by atoms with van der Waals surface area (Å²) in [6.07, 6.45) is 0. The molecular formula is C16H17ClN2O3S. The van der Waals surface area contributed by atoms with Gasteiger partial charge >= 0.3 is 0 Å². The number of rotatable bonds is 3. The van der Waals surface area contributed by atoms with Gasteiger partial charge in [0.25, 0.3) is 10.0 Å². The maximum absolute atomic E-state index is 12.4.